The van der Waals surface area contributed by atoms with E-state index in [0.717, 1.165) is 10.6 Å². The van der Waals surface area contributed by atoms with Gasteiger partial charge in [-0.3, -0.25) is 4.79 Å². The van der Waals surface area contributed by atoms with Gasteiger partial charge in [-0.25, -0.2) is 0 Å². The van der Waals surface area contributed by atoms with Crippen molar-refractivity contribution in [2.75, 3.05) is 12.3 Å². The number of carbonyl (C=O) groups excluding carboxylic acids is 1. The van der Waals surface area contributed by atoms with Gasteiger partial charge in [0.1, 0.15) is 11.9 Å². The molecule has 0 aliphatic carbocycles. The summed E-state index contributed by atoms with van der Waals surface area (Å²) in [6.07, 6.45) is 0.661. The normalized spacial score (nSPS) is 12.1. The van der Waals surface area contributed by atoms with Crippen molar-refractivity contribution in [1.82, 2.24) is 5.32 Å². The standard InChI is InChI=1S/C15H17NO3S/c1-2-20-12-7-5-11(6-8-12)15(18)16-10-13(17)14-4-3-9-19-14/h3-9,13,17H,2,10H2,1H3,(H,16,18). The molecule has 20 heavy (non-hydrogen) atoms. The molecule has 4 nitrogen and oxygen atoms in total. The van der Waals surface area contributed by atoms with Crippen LogP contribution in [0.4, 0.5) is 0 Å². The quantitative estimate of drug-likeness (QED) is 0.803. The number of rotatable bonds is 6. The fourth-order valence-electron chi connectivity index (χ4n) is 1.74. The van der Waals surface area contributed by atoms with E-state index in [4.69, 9.17) is 4.42 Å². The van der Waals surface area contributed by atoms with Crippen LogP contribution >= 0.6 is 11.8 Å². The Morgan fingerprint density at radius 2 is 2.10 bits per heavy atom. The van der Waals surface area contributed by atoms with E-state index in [2.05, 4.69) is 12.2 Å². The molecule has 0 aliphatic rings. The van der Waals surface area contributed by atoms with Crippen molar-refractivity contribution in [3.8, 4) is 0 Å². The number of benzene rings is 1. The second-order valence-corrected chi connectivity index (χ2v) is 5.54. The first kappa shape index (κ1) is 14.7. The molecule has 0 bridgehead atoms. The van der Waals surface area contributed by atoms with Gasteiger partial charge >= 0.3 is 0 Å². The van der Waals surface area contributed by atoms with E-state index in [-0.39, 0.29) is 12.5 Å². The Bertz CT molecular complexity index is 537. The summed E-state index contributed by atoms with van der Waals surface area (Å²) in [6, 6.07) is 10.8. The Labute approximate surface area is 122 Å². The molecule has 1 atom stereocenters. The zero-order chi connectivity index (χ0) is 14.4. The monoisotopic (exact) mass is 291 g/mol. The zero-order valence-electron chi connectivity index (χ0n) is 11.2. The van der Waals surface area contributed by atoms with Crippen LogP contribution in [0, 0.1) is 0 Å². The molecule has 2 aromatic rings. The van der Waals surface area contributed by atoms with E-state index in [1.54, 1.807) is 36.0 Å². The van der Waals surface area contributed by atoms with Crippen LogP contribution < -0.4 is 5.32 Å². The predicted octanol–water partition coefficient (Wildman–Crippen LogP) is 2.86. The van der Waals surface area contributed by atoms with E-state index in [1.807, 2.05) is 12.1 Å². The maximum Gasteiger partial charge on any atom is 0.251 e. The van der Waals surface area contributed by atoms with Crippen molar-refractivity contribution in [3.05, 3.63) is 54.0 Å². The zero-order valence-corrected chi connectivity index (χ0v) is 12.0. The van der Waals surface area contributed by atoms with Gasteiger partial charge in [0, 0.05) is 10.5 Å². The highest BCUT2D eigenvalue weighted by Crippen LogP contribution is 2.18. The maximum atomic E-state index is 11.9. The van der Waals surface area contributed by atoms with Crippen molar-refractivity contribution in [3.63, 3.8) is 0 Å². The van der Waals surface area contributed by atoms with Crippen LogP contribution in [0.1, 0.15) is 29.1 Å². The van der Waals surface area contributed by atoms with Crippen molar-refractivity contribution in [2.45, 2.75) is 17.9 Å². The number of aliphatic hydroxyl groups is 1. The van der Waals surface area contributed by atoms with Crippen LogP contribution in [0.5, 0.6) is 0 Å². The Balaban J connectivity index is 1.88. The minimum atomic E-state index is -0.830. The van der Waals surface area contributed by atoms with Crippen LogP contribution in [0.2, 0.25) is 0 Å². The molecule has 0 saturated heterocycles. The molecule has 0 aliphatic heterocycles. The van der Waals surface area contributed by atoms with Crippen LogP contribution in [-0.2, 0) is 0 Å². The number of furan rings is 1. The summed E-state index contributed by atoms with van der Waals surface area (Å²) in [4.78, 5) is 13.1. The number of amides is 1. The van der Waals surface area contributed by atoms with E-state index in [1.165, 1.54) is 6.26 Å². The smallest absolute Gasteiger partial charge is 0.251 e. The molecule has 1 amide bonds. The predicted molar refractivity (Wildman–Crippen MR) is 78.8 cm³/mol. The third-order valence-corrected chi connectivity index (χ3v) is 3.65. The lowest BCUT2D eigenvalue weighted by Crippen LogP contribution is -2.28. The van der Waals surface area contributed by atoms with Gasteiger partial charge in [0.25, 0.3) is 5.91 Å². The van der Waals surface area contributed by atoms with E-state index < -0.39 is 6.10 Å². The molecule has 1 unspecified atom stereocenters. The SMILES string of the molecule is CCSc1ccc(C(=O)NCC(O)c2ccco2)cc1. The largest absolute Gasteiger partial charge is 0.467 e. The van der Waals surface area contributed by atoms with Gasteiger partial charge in [-0.15, -0.1) is 11.8 Å². The van der Waals surface area contributed by atoms with Gasteiger partial charge in [-0.1, -0.05) is 6.92 Å². The molecule has 2 N–H and O–H groups in total. The van der Waals surface area contributed by atoms with E-state index >= 15 is 0 Å². The number of thioether (sulfide) groups is 1. The Hall–Kier alpha value is -1.72. The van der Waals surface area contributed by atoms with Gasteiger partial charge in [0.2, 0.25) is 0 Å². The molecular weight excluding hydrogens is 274 g/mol. The number of aliphatic hydroxyl groups excluding tert-OH is 1. The molecule has 0 fully saturated rings. The number of hydrogen-bond donors (Lipinski definition) is 2. The van der Waals surface area contributed by atoms with Gasteiger partial charge < -0.3 is 14.8 Å². The Morgan fingerprint density at radius 1 is 1.35 bits per heavy atom. The first-order valence-corrected chi connectivity index (χ1v) is 7.41. The average molecular weight is 291 g/mol. The summed E-state index contributed by atoms with van der Waals surface area (Å²) in [5, 5.41) is 12.5. The summed E-state index contributed by atoms with van der Waals surface area (Å²) >= 11 is 1.73. The molecule has 2 rings (SSSR count). The summed E-state index contributed by atoms with van der Waals surface area (Å²) < 4.78 is 5.07. The van der Waals surface area contributed by atoms with Gasteiger partial charge in [0.05, 0.1) is 12.8 Å². The average Bonchev–Trinajstić information content (AvgIpc) is 3.00. The topological polar surface area (TPSA) is 62.5 Å². The lowest BCUT2D eigenvalue weighted by Gasteiger charge is -2.09. The second kappa shape index (κ2) is 7.17. The molecule has 0 spiro atoms. The maximum absolute atomic E-state index is 11.9. The van der Waals surface area contributed by atoms with Gasteiger partial charge in [-0.2, -0.15) is 0 Å². The summed E-state index contributed by atoms with van der Waals surface area (Å²) in [6.45, 7) is 2.21. The highest BCUT2D eigenvalue weighted by atomic mass is 32.2. The molecule has 5 heteroatoms. The second-order valence-electron chi connectivity index (χ2n) is 4.20. The molecule has 1 aromatic heterocycles. The van der Waals surface area contributed by atoms with Crippen molar-refractivity contribution in [2.24, 2.45) is 0 Å². The van der Waals surface area contributed by atoms with E-state index in [0.29, 0.717) is 11.3 Å². The number of carbonyl (C=O) groups is 1. The molecule has 1 aromatic carbocycles. The van der Waals surface area contributed by atoms with Crippen molar-refractivity contribution in [1.29, 1.82) is 0 Å². The molecule has 106 valence electrons. The molecule has 1 heterocycles. The van der Waals surface area contributed by atoms with Gasteiger partial charge in [0.15, 0.2) is 0 Å². The Morgan fingerprint density at radius 3 is 2.70 bits per heavy atom. The lowest BCUT2D eigenvalue weighted by molar-refractivity contribution is 0.0901. The minimum Gasteiger partial charge on any atom is -0.467 e. The lowest BCUT2D eigenvalue weighted by atomic mass is 10.2. The van der Waals surface area contributed by atoms with Crippen LogP contribution in [0.3, 0.4) is 0 Å². The summed E-state index contributed by atoms with van der Waals surface area (Å²) in [5.41, 5.74) is 0.581. The molecular formula is C15H17NO3S. The van der Waals surface area contributed by atoms with Crippen molar-refractivity contribution >= 4 is 17.7 Å². The minimum absolute atomic E-state index is 0.123. The third-order valence-electron chi connectivity index (χ3n) is 2.76. The Kier molecular flexibility index (Phi) is 5.26. The molecule has 0 saturated carbocycles. The molecule has 0 radical (unpaired) electrons. The fourth-order valence-corrected chi connectivity index (χ4v) is 2.40. The summed E-state index contributed by atoms with van der Waals surface area (Å²) in [7, 11) is 0. The third kappa shape index (κ3) is 3.88. The highest BCUT2D eigenvalue weighted by Gasteiger charge is 2.12. The summed E-state index contributed by atoms with van der Waals surface area (Å²) in [5.74, 6) is 1.24. The van der Waals surface area contributed by atoms with Gasteiger partial charge in [-0.05, 0) is 42.2 Å². The highest BCUT2D eigenvalue weighted by molar-refractivity contribution is 7.99. The number of hydrogen-bond acceptors (Lipinski definition) is 4. The van der Waals surface area contributed by atoms with Crippen LogP contribution in [0.15, 0.2) is 52.0 Å². The fraction of sp³-hybridized carbons (Fsp3) is 0.267. The van der Waals surface area contributed by atoms with E-state index in [9.17, 15) is 9.90 Å². The van der Waals surface area contributed by atoms with Crippen LogP contribution in [0.25, 0.3) is 0 Å². The first-order chi connectivity index (χ1) is 9.70. The van der Waals surface area contributed by atoms with Crippen molar-refractivity contribution < 1.29 is 14.3 Å². The first-order valence-electron chi connectivity index (χ1n) is 6.43. The number of nitrogens with one attached hydrogen (secondary N) is 1. The van der Waals surface area contributed by atoms with Crippen LogP contribution in [-0.4, -0.2) is 23.3 Å².